The summed E-state index contributed by atoms with van der Waals surface area (Å²) in [7, 11) is 0. The van der Waals surface area contributed by atoms with E-state index < -0.39 is 0 Å². The van der Waals surface area contributed by atoms with E-state index in [4.69, 9.17) is 4.98 Å². The molecular weight excluding hydrogens is 190 g/mol. The standard InChI is InChI=1S/C12H19NS/c1-3-5-12-13-10-7-6-9(4-2)8-11(10)14-12/h9H,3-8H2,1-2H3. The zero-order chi connectivity index (χ0) is 9.97. The van der Waals surface area contributed by atoms with E-state index in [1.165, 1.54) is 49.2 Å². The Balaban J connectivity index is 2.12. The fourth-order valence-electron chi connectivity index (χ4n) is 2.17. The number of hydrogen-bond donors (Lipinski definition) is 0. The zero-order valence-corrected chi connectivity index (χ0v) is 9.99. The van der Waals surface area contributed by atoms with Crippen LogP contribution in [-0.2, 0) is 19.3 Å². The van der Waals surface area contributed by atoms with Gasteiger partial charge in [0, 0.05) is 4.88 Å². The third kappa shape index (κ3) is 2.00. The molecule has 1 aromatic heterocycles. The van der Waals surface area contributed by atoms with Crippen molar-refractivity contribution in [3.05, 3.63) is 15.6 Å². The van der Waals surface area contributed by atoms with Gasteiger partial charge in [0.1, 0.15) is 0 Å². The second kappa shape index (κ2) is 4.43. The number of aromatic nitrogens is 1. The van der Waals surface area contributed by atoms with Crippen molar-refractivity contribution in [1.29, 1.82) is 0 Å². The minimum absolute atomic E-state index is 0.928. The lowest BCUT2D eigenvalue weighted by Crippen LogP contribution is -2.11. The third-order valence-corrected chi connectivity index (χ3v) is 4.31. The second-order valence-corrected chi connectivity index (χ2v) is 5.41. The van der Waals surface area contributed by atoms with Crippen molar-refractivity contribution < 1.29 is 0 Å². The predicted octanol–water partition coefficient (Wildman–Crippen LogP) is 3.61. The van der Waals surface area contributed by atoms with Gasteiger partial charge in [0.05, 0.1) is 10.7 Å². The summed E-state index contributed by atoms with van der Waals surface area (Å²) in [6, 6.07) is 0. The summed E-state index contributed by atoms with van der Waals surface area (Å²) in [5.74, 6) is 0.928. The van der Waals surface area contributed by atoms with Crippen molar-refractivity contribution in [2.75, 3.05) is 0 Å². The van der Waals surface area contributed by atoms with Crippen LogP contribution in [0.5, 0.6) is 0 Å². The Labute approximate surface area is 90.6 Å². The minimum Gasteiger partial charge on any atom is -0.246 e. The van der Waals surface area contributed by atoms with E-state index in [1.54, 1.807) is 4.88 Å². The predicted molar refractivity (Wildman–Crippen MR) is 61.9 cm³/mol. The van der Waals surface area contributed by atoms with Crippen molar-refractivity contribution in [2.24, 2.45) is 5.92 Å². The summed E-state index contributed by atoms with van der Waals surface area (Å²) < 4.78 is 0. The summed E-state index contributed by atoms with van der Waals surface area (Å²) in [5.41, 5.74) is 1.42. The normalized spacial score (nSPS) is 20.9. The summed E-state index contributed by atoms with van der Waals surface area (Å²) in [4.78, 5) is 6.32. The zero-order valence-electron chi connectivity index (χ0n) is 9.18. The van der Waals surface area contributed by atoms with Gasteiger partial charge in [-0.3, -0.25) is 0 Å². The van der Waals surface area contributed by atoms with Gasteiger partial charge in [-0.05, 0) is 38.0 Å². The molecule has 1 aliphatic rings. The van der Waals surface area contributed by atoms with Crippen LogP contribution in [0, 0.1) is 5.92 Å². The Morgan fingerprint density at radius 3 is 3.00 bits per heavy atom. The fourth-order valence-corrected chi connectivity index (χ4v) is 3.50. The molecule has 2 rings (SSSR count). The molecule has 1 nitrogen and oxygen atoms in total. The number of nitrogens with zero attached hydrogens (tertiary/aromatic N) is 1. The first-order valence-corrected chi connectivity index (χ1v) is 6.62. The van der Waals surface area contributed by atoms with E-state index in [-0.39, 0.29) is 0 Å². The topological polar surface area (TPSA) is 12.9 Å². The van der Waals surface area contributed by atoms with Gasteiger partial charge in [0.2, 0.25) is 0 Å². The molecule has 0 bridgehead atoms. The van der Waals surface area contributed by atoms with Crippen molar-refractivity contribution in [3.63, 3.8) is 0 Å². The summed E-state index contributed by atoms with van der Waals surface area (Å²) in [6.45, 7) is 4.54. The lowest BCUT2D eigenvalue weighted by Gasteiger charge is -2.18. The van der Waals surface area contributed by atoms with Crippen LogP contribution in [0.4, 0.5) is 0 Å². The number of aryl methyl sites for hydroxylation is 2. The lowest BCUT2D eigenvalue weighted by atomic mass is 9.89. The molecule has 1 heterocycles. The summed E-state index contributed by atoms with van der Waals surface area (Å²) in [5, 5.41) is 1.37. The molecule has 1 atom stereocenters. The SMILES string of the molecule is CCCc1nc2c(s1)CC(CC)CC2. The van der Waals surface area contributed by atoms with E-state index in [2.05, 4.69) is 13.8 Å². The van der Waals surface area contributed by atoms with Gasteiger partial charge in [-0.15, -0.1) is 11.3 Å². The van der Waals surface area contributed by atoms with E-state index in [0.717, 1.165) is 5.92 Å². The molecule has 2 heteroatoms. The van der Waals surface area contributed by atoms with Crippen LogP contribution in [0.3, 0.4) is 0 Å². The highest BCUT2D eigenvalue weighted by molar-refractivity contribution is 7.11. The van der Waals surface area contributed by atoms with Crippen LogP contribution in [0.15, 0.2) is 0 Å². The Morgan fingerprint density at radius 2 is 2.29 bits per heavy atom. The maximum Gasteiger partial charge on any atom is 0.0931 e. The Morgan fingerprint density at radius 1 is 1.43 bits per heavy atom. The van der Waals surface area contributed by atoms with Crippen LogP contribution in [-0.4, -0.2) is 4.98 Å². The van der Waals surface area contributed by atoms with Gasteiger partial charge in [-0.2, -0.15) is 0 Å². The van der Waals surface area contributed by atoms with Gasteiger partial charge in [0.15, 0.2) is 0 Å². The summed E-state index contributed by atoms with van der Waals surface area (Å²) >= 11 is 1.97. The van der Waals surface area contributed by atoms with Gasteiger partial charge >= 0.3 is 0 Å². The van der Waals surface area contributed by atoms with Crippen molar-refractivity contribution in [2.45, 2.75) is 52.4 Å². The second-order valence-electron chi connectivity index (χ2n) is 4.24. The van der Waals surface area contributed by atoms with Crippen molar-refractivity contribution >= 4 is 11.3 Å². The number of rotatable bonds is 3. The molecule has 0 amide bonds. The van der Waals surface area contributed by atoms with E-state index >= 15 is 0 Å². The van der Waals surface area contributed by atoms with Gasteiger partial charge in [-0.1, -0.05) is 20.3 Å². The van der Waals surface area contributed by atoms with Gasteiger partial charge in [0.25, 0.3) is 0 Å². The highest BCUT2D eigenvalue weighted by Crippen LogP contribution is 2.31. The number of hydrogen-bond acceptors (Lipinski definition) is 2. The molecule has 0 saturated carbocycles. The molecule has 0 saturated heterocycles. The quantitative estimate of drug-likeness (QED) is 0.741. The van der Waals surface area contributed by atoms with Crippen LogP contribution < -0.4 is 0 Å². The first kappa shape index (κ1) is 10.2. The largest absolute Gasteiger partial charge is 0.246 e. The highest BCUT2D eigenvalue weighted by atomic mass is 32.1. The maximum atomic E-state index is 4.73. The average Bonchev–Trinajstić information content (AvgIpc) is 2.59. The molecule has 0 spiro atoms. The van der Waals surface area contributed by atoms with Crippen molar-refractivity contribution in [1.82, 2.24) is 4.98 Å². The van der Waals surface area contributed by atoms with Crippen LogP contribution in [0.25, 0.3) is 0 Å². The van der Waals surface area contributed by atoms with Crippen LogP contribution in [0.1, 0.15) is 48.7 Å². The molecule has 78 valence electrons. The van der Waals surface area contributed by atoms with Crippen molar-refractivity contribution in [3.8, 4) is 0 Å². The molecule has 1 unspecified atom stereocenters. The molecule has 0 radical (unpaired) electrons. The molecule has 0 fully saturated rings. The maximum absolute atomic E-state index is 4.73. The molecule has 1 aliphatic carbocycles. The number of fused-ring (bicyclic) bond motifs is 1. The first-order chi connectivity index (χ1) is 6.83. The Hall–Kier alpha value is -0.370. The van der Waals surface area contributed by atoms with E-state index in [0.29, 0.717) is 0 Å². The molecular formula is C12H19NS. The molecule has 0 aromatic carbocycles. The van der Waals surface area contributed by atoms with Gasteiger partial charge < -0.3 is 0 Å². The van der Waals surface area contributed by atoms with Gasteiger partial charge in [-0.25, -0.2) is 4.98 Å². The molecule has 0 aliphatic heterocycles. The molecule has 0 N–H and O–H groups in total. The highest BCUT2D eigenvalue weighted by Gasteiger charge is 2.20. The minimum atomic E-state index is 0.928. The third-order valence-electron chi connectivity index (χ3n) is 3.13. The smallest absolute Gasteiger partial charge is 0.0931 e. The molecule has 14 heavy (non-hydrogen) atoms. The van der Waals surface area contributed by atoms with Crippen LogP contribution >= 0.6 is 11.3 Å². The van der Waals surface area contributed by atoms with E-state index in [1.807, 2.05) is 11.3 Å². The van der Waals surface area contributed by atoms with E-state index in [9.17, 15) is 0 Å². The fraction of sp³-hybridized carbons (Fsp3) is 0.750. The summed E-state index contributed by atoms with van der Waals surface area (Å²) in [6.07, 6.45) is 7.62. The first-order valence-electron chi connectivity index (χ1n) is 5.81. The van der Waals surface area contributed by atoms with Crippen LogP contribution in [0.2, 0.25) is 0 Å². The Bertz CT molecular complexity index is 303. The lowest BCUT2D eigenvalue weighted by molar-refractivity contribution is 0.445. The average molecular weight is 209 g/mol. The molecule has 1 aromatic rings. The Kier molecular flexibility index (Phi) is 3.22. The monoisotopic (exact) mass is 209 g/mol. The number of thiazole rings is 1.